The summed E-state index contributed by atoms with van der Waals surface area (Å²) in [6.07, 6.45) is 1.38. The fourth-order valence-corrected chi connectivity index (χ4v) is 2.11. The monoisotopic (exact) mass is 255 g/mol. The average Bonchev–Trinajstić information content (AvgIpc) is 2.62. The Morgan fingerprint density at radius 3 is 2.22 bits per heavy atom. The molecule has 5 nitrogen and oxygen atoms in total. The topological polar surface area (TPSA) is 66.6 Å². The van der Waals surface area contributed by atoms with Crippen molar-refractivity contribution >= 4 is 11.8 Å². The first-order valence-electron chi connectivity index (χ1n) is 6.69. The molecule has 0 aromatic rings. The lowest BCUT2D eigenvalue weighted by molar-refractivity contribution is -0.140. The highest BCUT2D eigenvalue weighted by Gasteiger charge is 2.31. The van der Waals surface area contributed by atoms with Crippen molar-refractivity contribution in [2.45, 2.75) is 33.6 Å². The van der Waals surface area contributed by atoms with E-state index in [1.807, 2.05) is 30.6 Å². The molecule has 0 spiro atoms. The van der Waals surface area contributed by atoms with Crippen LogP contribution >= 0.6 is 0 Å². The summed E-state index contributed by atoms with van der Waals surface area (Å²) in [6.45, 7) is 8.68. The van der Waals surface area contributed by atoms with Crippen LogP contribution in [0.1, 0.15) is 33.6 Å². The molecule has 0 unspecified atom stereocenters. The molecule has 0 bridgehead atoms. The Morgan fingerprint density at radius 2 is 1.67 bits per heavy atom. The highest BCUT2D eigenvalue weighted by Crippen LogP contribution is 2.18. The van der Waals surface area contributed by atoms with Gasteiger partial charge in [-0.1, -0.05) is 6.92 Å². The Morgan fingerprint density at radius 1 is 1.11 bits per heavy atom. The molecule has 0 radical (unpaired) electrons. The summed E-state index contributed by atoms with van der Waals surface area (Å²) in [4.78, 5) is 27.6. The molecular weight excluding hydrogens is 230 g/mol. The van der Waals surface area contributed by atoms with Gasteiger partial charge in [0, 0.05) is 39.1 Å². The van der Waals surface area contributed by atoms with Gasteiger partial charge in [0.2, 0.25) is 11.8 Å². The van der Waals surface area contributed by atoms with Crippen LogP contribution < -0.4 is 5.73 Å². The van der Waals surface area contributed by atoms with Crippen LogP contribution in [-0.4, -0.2) is 54.3 Å². The number of nitrogens with two attached hydrogens (primary N) is 1. The highest BCUT2D eigenvalue weighted by molar-refractivity contribution is 5.82. The highest BCUT2D eigenvalue weighted by atomic mass is 16.2. The van der Waals surface area contributed by atoms with Gasteiger partial charge in [0.15, 0.2) is 0 Å². The van der Waals surface area contributed by atoms with Crippen molar-refractivity contribution in [2.24, 2.45) is 11.1 Å². The van der Waals surface area contributed by atoms with Gasteiger partial charge in [-0.3, -0.25) is 9.59 Å². The molecule has 0 aliphatic carbocycles. The first-order chi connectivity index (χ1) is 8.42. The zero-order valence-corrected chi connectivity index (χ0v) is 11.7. The predicted octanol–water partition coefficient (Wildman–Crippen LogP) is 0.442. The van der Waals surface area contributed by atoms with Crippen molar-refractivity contribution in [2.75, 3.05) is 32.7 Å². The SMILES string of the molecule is CCC(=O)N1CCCN(C(=O)C(C)(C)CN)CC1. The molecule has 1 saturated heterocycles. The Labute approximate surface area is 109 Å². The van der Waals surface area contributed by atoms with Crippen LogP contribution in [0.5, 0.6) is 0 Å². The summed E-state index contributed by atoms with van der Waals surface area (Å²) in [5, 5.41) is 0. The van der Waals surface area contributed by atoms with Gasteiger partial charge in [0.05, 0.1) is 5.41 Å². The van der Waals surface area contributed by atoms with Gasteiger partial charge < -0.3 is 15.5 Å². The van der Waals surface area contributed by atoms with Gasteiger partial charge >= 0.3 is 0 Å². The van der Waals surface area contributed by atoms with Crippen LogP contribution in [0, 0.1) is 5.41 Å². The Bertz CT molecular complexity index is 315. The molecule has 1 fully saturated rings. The van der Waals surface area contributed by atoms with Crippen LogP contribution in [0.3, 0.4) is 0 Å². The largest absolute Gasteiger partial charge is 0.341 e. The summed E-state index contributed by atoms with van der Waals surface area (Å²) >= 11 is 0. The molecule has 2 N–H and O–H groups in total. The summed E-state index contributed by atoms with van der Waals surface area (Å²) in [5.74, 6) is 0.262. The van der Waals surface area contributed by atoms with E-state index < -0.39 is 5.41 Å². The Hall–Kier alpha value is -1.10. The molecule has 0 aromatic carbocycles. The quantitative estimate of drug-likeness (QED) is 0.796. The molecule has 2 amide bonds. The molecule has 1 aliphatic heterocycles. The minimum Gasteiger partial charge on any atom is -0.341 e. The number of hydrogen-bond donors (Lipinski definition) is 1. The number of hydrogen-bond acceptors (Lipinski definition) is 3. The van der Waals surface area contributed by atoms with Crippen molar-refractivity contribution in [3.8, 4) is 0 Å². The molecule has 1 heterocycles. The van der Waals surface area contributed by atoms with Gasteiger partial charge in [-0.15, -0.1) is 0 Å². The van der Waals surface area contributed by atoms with Crippen molar-refractivity contribution < 1.29 is 9.59 Å². The number of carbonyl (C=O) groups excluding carboxylic acids is 2. The summed E-state index contributed by atoms with van der Waals surface area (Å²) in [5.41, 5.74) is 5.13. The van der Waals surface area contributed by atoms with Gasteiger partial charge in [0.25, 0.3) is 0 Å². The normalized spacial score (nSPS) is 17.6. The fourth-order valence-electron chi connectivity index (χ4n) is 2.11. The molecule has 1 aliphatic rings. The fraction of sp³-hybridized carbons (Fsp3) is 0.846. The second-order valence-electron chi connectivity index (χ2n) is 5.47. The van der Waals surface area contributed by atoms with Crippen molar-refractivity contribution in [1.82, 2.24) is 9.80 Å². The van der Waals surface area contributed by atoms with E-state index in [4.69, 9.17) is 5.73 Å². The van der Waals surface area contributed by atoms with Gasteiger partial charge in [-0.25, -0.2) is 0 Å². The van der Waals surface area contributed by atoms with Crippen LogP contribution in [0.2, 0.25) is 0 Å². The number of rotatable bonds is 3. The first-order valence-corrected chi connectivity index (χ1v) is 6.69. The second-order valence-corrected chi connectivity index (χ2v) is 5.47. The van der Waals surface area contributed by atoms with Gasteiger partial charge in [-0.2, -0.15) is 0 Å². The maximum absolute atomic E-state index is 12.3. The van der Waals surface area contributed by atoms with E-state index in [9.17, 15) is 9.59 Å². The summed E-state index contributed by atoms with van der Waals surface area (Å²) in [7, 11) is 0. The summed E-state index contributed by atoms with van der Waals surface area (Å²) < 4.78 is 0. The second kappa shape index (κ2) is 6.18. The number of nitrogens with zero attached hydrogens (tertiary/aromatic N) is 2. The van der Waals surface area contributed by atoms with E-state index in [2.05, 4.69) is 0 Å². The van der Waals surface area contributed by atoms with Crippen molar-refractivity contribution in [1.29, 1.82) is 0 Å². The van der Waals surface area contributed by atoms with E-state index in [0.29, 0.717) is 26.1 Å². The number of carbonyl (C=O) groups is 2. The lowest BCUT2D eigenvalue weighted by Crippen LogP contribution is -2.46. The van der Waals surface area contributed by atoms with Gasteiger partial charge in [0.1, 0.15) is 0 Å². The van der Waals surface area contributed by atoms with Crippen molar-refractivity contribution in [3.05, 3.63) is 0 Å². The lowest BCUT2D eigenvalue weighted by Gasteiger charge is -2.30. The minimum atomic E-state index is -0.510. The molecule has 1 rings (SSSR count). The zero-order valence-electron chi connectivity index (χ0n) is 11.7. The van der Waals surface area contributed by atoms with E-state index in [1.165, 1.54) is 0 Å². The van der Waals surface area contributed by atoms with Crippen LogP contribution in [0.4, 0.5) is 0 Å². The van der Waals surface area contributed by atoms with E-state index in [0.717, 1.165) is 19.5 Å². The lowest BCUT2D eigenvalue weighted by atomic mass is 9.92. The molecular formula is C13H25N3O2. The Balaban J connectivity index is 2.62. The van der Waals surface area contributed by atoms with Crippen LogP contribution in [0.15, 0.2) is 0 Å². The molecule has 104 valence electrons. The minimum absolute atomic E-state index is 0.0933. The maximum Gasteiger partial charge on any atom is 0.229 e. The molecule has 0 atom stereocenters. The smallest absolute Gasteiger partial charge is 0.229 e. The standard InChI is InChI=1S/C13H25N3O2/c1-4-11(17)15-6-5-7-16(9-8-15)12(18)13(2,3)10-14/h4-10,14H2,1-3H3. The third-order valence-electron chi connectivity index (χ3n) is 3.53. The van der Waals surface area contributed by atoms with Crippen molar-refractivity contribution in [3.63, 3.8) is 0 Å². The first kappa shape index (κ1) is 15.0. The van der Waals surface area contributed by atoms with Gasteiger partial charge in [-0.05, 0) is 20.3 Å². The third-order valence-corrected chi connectivity index (χ3v) is 3.53. The maximum atomic E-state index is 12.3. The Kier molecular flexibility index (Phi) is 5.14. The molecule has 5 heteroatoms. The third kappa shape index (κ3) is 3.45. The molecule has 18 heavy (non-hydrogen) atoms. The predicted molar refractivity (Wildman–Crippen MR) is 70.9 cm³/mol. The van der Waals surface area contributed by atoms with E-state index >= 15 is 0 Å². The number of amides is 2. The summed E-state index contributed by atoms with van der Waals surface area (Å²) in [6, 6.07) is 0. The molecule has 0 saturated carbocycles. The van der Waals surface area contributed by atoms with E-state index in [-0.39, 0.29) is 11.8 Å². The van der Waals surface area contributed by atoms with Crippen LogP contribution in [0.25, 0.3) is 0 Å². The van der Waals surface area contributed by atoms with E-state index in [1.54, 1.807) is 0 Å². The zero-order chi connectivity index (χ0) is 13.8. The average molecular weight is 255 g/mol. The molecule has 0 aromatic heterocycles. The van der Waals surface area contributed by atoms with Crippen LogP contribution in [-0.2, 0) is 9.59 Å².